The molecule has 0 radical (unpaired) electrons. The van der Waals surface area contributed by atoms with Crippen LogP contribution >= 0.6 is 11.3 Å². The van der Waals surface area contributed by atoms with E-state index in [1.807, 2.05) is 43.3 Å². The highest BCUT2D eigenvalue weighted by Gasteiger charge is 2.19. The Labute approximate surface area is 203 Å². The van der Waals surface area contributed by atoms with E-state index >= 15 is 0 Å². The average molecular weight is 470 g/mol. The van der Waals surface area contributed by atoms with Gasteiger partial charge in [-0.2, -0.15) is 0 Å². The Hall–Kier alpha value is -3.32. The first kappa shape index (κ1) is 22.5. The maximum atomic E-state index is 12.5. The molecule has 0 unspecified atom stereocenters. The molecule has 1 saturated carbocycles. The van der Waals surface area contributed by atoms with Gasteiger partial charge < -0.3 is 0 Å². The Balaban J connectivity index is 1.23. The molecule has 34 heavy (non-hydrogen) atoms. The minimum atomic E-state index is 0.264. The fourth-order valence-corrected chi connectivity index (χ4v) is 5.02. The first-order valence-corrected chi connectivity index (χ1v) is 12.7. The molecule has 1 fully saturated rings. The zero-order valence-corrected chi connectivity index (χ0v) is 20.1. The zero-order chi connectivity index (χ0) is 23.3. The first-order valence-electron chi connectivity index (χ1n) is 11.8. The summed E-state index contributed by atoms with van der Waals surface area (Å²) in [5, 5.41) is 2.05. The van der Waals surface area contributed by atoms with Crippen molar-refractivity contribution < 1.29 is 4.79 Å². The van der Waals surface area contributed by atoms with E-state index in [0.29, 0.717) is 25.1 Å². The SMILES string of the molecule is Cc1cccc(-c2nccc(Cc3ccnc(Cc4csc(C(=O)CCC5CCC5)c4)n3)n2)n1. The van der Waals surface area contributed by atoms with E-state index in [4.69, 9.17) is 4.98 Å². The predicted molar refractivity (Wildman–Crippen MR) is 133 cm³/mol. The smallest absolute Gasteiger partial charge is 0.178 e. The number of aryl methyl sites for hydroxylation is 1. The Morgan fingerprint density at radius 3 is 2.62 bits per heavy atom. The summed E-state index contributed by atoms with van der Waals surface area (Å²) in [6.45, 7) is 1.96. The van der Waals surface area contributed by atoms with Gasteiger partial charge in [0.05, 0.1) is 16.3 Å². The molecule has 0 atom stereocenters. The van der Waals surface area contributed by atoms with Crippen LogP contribution in [0.15, 0.2) is 54.2 Å². The number of hydrogen-bond acceptors (Lipinski definition) is 7. The van der Waals surface area contributed by atoms with Crippen LogP contribution in [0.1, 0.15) is 70.2 Å². The lowest BCUT2D eigenvalue weighted by molar-refractivity contribution is 0.0969. The molecule has 172 valence electrons. The molecule has 0 N–H and O–H groups in total. The molecule has 4 aromatic rings. The Kier molecular flexibility index (Phi) is 6.81. The standard InChI is InChI=1S/C27H27N5OS/c1-18-4-2-7-23(30-18)27-29-13-11-22(32-27)16-21-10-12-28-26(31-21)15-20-14-25(34-17-20)24(33)9-8-19-5-3-6-19/h2,4,7,10-14,17,19H,3,5-6,8-9,15-16H2,1H3. The Morgan fingerprint density at radius 1 is 1.00 bits per heavy atom. The zero-order valence-electron chi connectivity index (χ0n) is 19.3. The highest BCUT2D eigenvalue weighted by atomic mass is 32.1. The summed E-state index contributed by atoms with van der Waals surface area (Å²) in [5.41, 5.74) is 4.57. The number of aromatic nitrogens is 5. The number of carbonyl (C=O) groups is 1. The second-order valence-electron chi connectivity index (χ2n) is 8.93. The maximum Gasteiger partial charge on any atom is 0.178 e. The number of rotatable bonds is 9. The van der Waals surface area contributed by atoms with Crippen LogP contribution in [0.25, 0.3) is 11.5 Å². The molecular formula is C27H27N5OS. The summed E-state index contributed by atoms with van der Waals surface area (Å²) in [5.74, 6) is 2.39. The predicted octanol–water partition coefficient (Wildman–Crippen LogP) is 5.64. The van der Waals surface area contributed by atoms with Crippen LogP contribution in [0.3, 0.4) is 0 Å². The van der Waals surface area contributed by atoms with E-state index in [1.165, 1.54) is 30.6 Å². The number of ketones is 1. The average Bonchev–Trinajstić information content (AvgIpc) is 3.27. The highest BCUT2D eigenvalue weighted by Crippen LogP contribution is 2.31. The van der Waals surface area contributed by atoms with Crippen molar-refractivity contribution in [1.29, 1.82) is 0 Å². The van der Waals surface area contributed by atoms with Crippen LogP contribution in [0, 0.1) is 12.8 Å². The molecule has 0 aromatic carbocycles. The van der Waals surface area contributed by atoms with Crippen LogP contribution in [0.4, 0.5) is 0 Å². The molecule has 6 nitrogen and oxygen atoms in total. The highest BCUT2D eigenvalue weighted by molar-refractivity contribution is 7.12. The van der Waals surface area contributed by atoms with Crippen LogP contribution in [0.2, 0.25) is 0 Å². The third-order valence-electron chi connectivity index (χ3n) is 6.25. The van der Waals surface area contributed by atoms with Gasteiger partial charge in [-0.25, -0.2) is 24.9 Å². The van der Waals surface area contributed by atoms with Crippen molar-refractivity contribution in [2.75, 3.05) is 0 Å². The van der Waals surface area contributed by atoms with Gasteiger partial charge in [0.2, 0.25) is 0 Å². The fourth-order valence-electron chi connectivity index (χ4n) is 4.13. The van der Waals surface area contributed by atoms with Crippen LogP contribution < -0.4 is 0 Å². The third-order valence-corrected chi connectivity index (χ3v) is 7.27. The molecule has 4 aromatic heterocycles. The second-order valence-corrected chi connectivity index (χ2v) is 9.84. The number of pyridine rings is 1. The van der Waals surface area contributed by atoms with Gasteiger partial charge in [-0.3, -0.25) is 4.79 Å². The molecule has 0 saturated heterocycles. The first-order chi connectivity index (χ1) is 16.6. The summed E-state index contributed by atoms with van der Waals surface area (Å²) < 4.78 is 0. The maximum absolute atomic E-state index is 12.5. The van der Waals surface area contributed by atoms with Crippen molar-refractivity contribution in [1.82, 2.24) is 24.9 Å². The number of hydrogen-bond donors (Lipinski definition) is 0. The van der Waals surface area contributed by atoms with Gasteiger partial charge in [0.15, 0.2) is 11.6 Å². The van der Waals surface area contributed by atoms with E-state index < -0.39 is 0 Å². The molecule has 7 heteroatoms. The van der Waals surface area contributed by atoms with Crippen molar-refractivity contribution in [3.63, 3.8) is 0 Å². The van der Waals surface area contributed by atoms with Crippen LogP contribution in [0.5, 0.6) is 0 Å². The van der Waals surface area contributed by atoms with Crippen molar-refractivity contribution in [3.05, 3.63) is 87.5 Å². The minimum absolute atomic E-state index is 0.264. The Morgan fingerprint density at radius 2 is 1.82 bits per heavy atom. The quantitative estimate of drug-likeness (QED) is 0.295. The lowest BCUT2D eigenvalue weighted by Crippen LogP contribution is -2.12. The molecular weight excluding hydrogens is 442 g/mol. The lowest BCUT2D eigenvalue weighted by atomic mass is 9.81. The van der Waals surface area contributed by atoms with Crippen LogP contribution in [-0.4, -0.2) is 30.7 Å². The monoisotopic (exact) mass is 469 g/mol. The van der Waals surface area contributed by atoms with E-state index in [1.54, 1.807) is 12.4 Å². The van der Waals surface area contributed by atoms with E-state index in [9.17, 15) is 4.79 Å². The van der Waals surface area contributed by atoms with Gasteiger partial charge in [-0.1, -0.05) is 25.3 Å². The van der Waals surface area contributed by atoms with E-state index in [2.05, 4.69) is 25.3 Å². The molecule has 1 aliphatic rings. The van der Waals surface area contributed by atoms with E-state index in [-0.39, 0.29) is 5.78 Å². The summed E-state index contributed by atoms with van der Waals surface area (Å²) in [7, 11) is 0. The van der Waals surface area contributed by atoms with Gasteiger partial charge in [-0.15, -0.1) is 11.3 Å². The molecule has 5 rings (SSSR count). The molecule has 0 spiro atoms. The molecule has 0 aliphatic heterocycles. The summed E-state index contributed by atoms with van der Waals surface area (Å²) in [4.78, 5) is 36.2. The molecule has 0 bridgehead atoms. The van der Waals surface area contributed by atoms with Gasteiger partial charge >= 0.3 is 0 Å². The Bertz CT molecular complexity index is 1300. The van der Waals surface area contributed by atoms with Crippen molar-refractivity contribution >= 4 is 17.1 Å². The third kappa shape index (κ3) is 5.59. The number of Topliss-reactive ketones (excluding diaryl/α,β-unsaturated/α-hetero) is 1. The van der Waals surface area contributed by atoms with Crippen LogP contribution in [-0.2, 0) is 12.8 Å². The van der Waals surface area contributed by atoms with Gasteiger partial charge in [0.1, 0.15) is 11.5 Å². The van der Waals surface area contributed by atoms with Gasteiger partial charge in [-0.05, 0) is 60.5 Å². The van der Waals surface area contributed by atoms with Gasteiger partial charge in [0.25, 0.3) is 0 Å². The van der Waals surface area contributed by atoms with Crippen molar-refractivity contribution in [3.8, 4) is 11.5 Å². The van der Waals surface area contributed by atoms with E-state index in [0.717, 1.165) is 51.4 Å². The van der Waals surface area contributed by atoms with Crippen molar-refractivity contribution in [2.24, 2.45) is 5.92 Å². The summed E-state index contributed by atoms with van der Waals surface area (Å²) in [6, 6.07) is 11.7. The largest absolute Gasteiger partial charge is 0.293 e. The molecule has 1 aliphatic carbocycles. The lowest BCUT2D eigenvalue weighted by Gasteiger charge is -2.24. The minimum Gasteiger partial charge on any atom is -0.293 e. The summed E-state index contributed by atoms with van der Waals surface area (Å²) >= 11 is 1.53. The summed E-state index contributed by atoms with van der Waals surface area (Å²) in [6.07, 6.45) is 10.3. The second kappa shape index (κ2) is 10.3. The number of thiophene rings is 1. The van der Waals surface area contributed by atoms with Gasteiger partial charge in [0, 0.05) is 37.4 Å². The topological polar surface area (TPSA) is 81.5 Å². The fraction of sp³-hybridized carbons (Fsp3) is 0.333. The number of nitrogens with zero attached hydrogens (tertiary/aromatic N) is 5. The molecule has 4 heterocycles. The molecule has 0 amide bonds. The normalized spacial score (nSPS) is 13.6. The number of carbonyl (C=O) groups excluding carboxylic acids is 1. The van der Waals surface area contributed by atoms with Crippen molar-refractivity contribution in [2.45, 2.75) is 51.9 Å².